The van der Waals surface area contributed by atoms with Gasteiger partial charge < -0.3 is 9.72 Å². The molecule has 0 aliphatic carbocycles. The van der Waals surface area contributed by atoms with Gasteiger partial charge >= 0.3 is 0 Å². The molecule has 0 spiro atoms. The molecule has 0 aliphatic heterocycles. The van der Waals surface area contributed by atoms with E-state index in [1.165, 1.54) is 12.1 Å². The number of aromatic nitrogens is 2. The van der Waals surface area contributed by atoms with Crippen molar-refractivity contribution in [2.45, 2.75) is 0 Å². The highest BCUT2D eigenvalue weighted by Crippen LogP contribution is 2.25. The lowest BCUT2D eigenvalue weighted by molar-refractivity contribution is 0.415. The molecular formula is C14H10F2N2O. The molecule has 96 valence electrons. The number of aromatic amines is 1. The van der Waals surface area contributed by atoms with Crippen molar-refractivity contribution in [3.05, 3.63) is 48.0 Å². The molecule has 3 aromatic rings. The number of imidazole rings is 1. The minimum atomic E-state index is -0.647. The molecule has 0 radical (unpaired) electrons. The van der Waals surface area contributed by atoms with Gasteiger partial charge in [-0.25, -0.2) is 13.8 Å². The third-order valence-electron chi connectivity index (χ3n) is 2.88. The highest BCUT2D eigenvalue weighted by molar-refractivity contribution is 5.80. The van der Waals surface area contributed by atoms with Crippen LogP contribution in [0.3, 0.4) is 0 Å². The fourth-order valence-electron chi connectivity index (χ4n) is 1.92. The van der Waals surface area contributed by atoms with E-state index in [-0.39, 0.29) is 5.56 Å². The van der Waals surface area contributed by atoms with Crippen LogP contribution in [0.1, 0.15) is 0 Å². The van der Waals surface area contributed by atoms with Crippen LogP contribution in [0.4, 0.5) is 8.78 Å². The van der Waals surface area contributed by atoms with E-state index in [1.807, 2.05) is 0 Å². The van der Waals surface area contributed by atoms with Crippen LogP contribution in [0.5, 0.6) is 5.75 Å². The number of hydrogen-bond donors (Lipinski definition) is 1. The van der Waals surface area contributed by atoms with E-state index >= 15 is 0 Å². The lowest BCUT2D eigenvalue weighted by Crippen LogP contribution is -1.87. The van der Waals surface area contributed by atoms with Gasteiger partial charge in [0.25, 0.3) is 0 Å². The van der Waals surface area contributed by atoms with Crippen molar-refractivity contribution in [3.8, 4) is 17.1 Å². The Morgan fingerprint density at radius 1 is 1.11 bits per heavy atom. The fraction of sp³-hybridized carbons (Fsp3) is 0.0714. The maximum absolute atomic E-state index is 13.7. The van der Waals surface area contributed by atoms with Gasteiger partial charge in [0.05, 0.1) is 23.7 Å². The molecule has 3 nitrogen and oxygen atoms in total. The lowest BCUT2D eigenvalue weighted by atomic mass is 10.2. The number of H-pyrrole nitrogens is 1. The molecule has 5 heteroatoms. The first-order valence-corrected chi connectivity index (χ1v) is 5.66. The van der Waals surface area contributed by atoms with Crippen molar-refractivity contribution in [2.24, 2.45) is 0 Å². The Labute approximate surface area is 107 Å². The predicted octanol–water partition coefficient (Wildman–Crippen LogP) is 3.52. The first-order valence-electron chi connectivity index (χ1n) is 5.66. The van der Waals surface area contributed by atoms with Crippen LogP contribution in [-0.2, 0) is 0 Å². The van der Waals surface area contributed by atoms with E-state index in [1.54, 1.807) is 25.3 Å². The normalized spacial score (nSPS) is 10.9. The van der Waals surface area contributed by atoms with E-state index < -0.39 is 11.6 Å². The largest absolute Gasteiger partial charge is 0.497 e. The lowest BCUT2D eigenvalue weighted by Gasteiger charge is -1.98. The average Bonchev–Trinajstić information content (AvgIpc) is 2.80. The van der Waals surface area contributed by atoms with Gasteiger partial charge in [-0.3, -0.25) is 0 Å². The number of hydrogen-bond acceptors (Lipinski definition) is 2. The number of halogens is 2. The summed E-state index contributed by atoms with van der Waals surface area (Å²) in [6.45, 7) is 0. The summed E-state index contributed by atoms with van der Waals surface area (Å²) in [6.07, 6.45) is 0. The van der Waals surface area contributed by atoms with Crippen molar-refractivity contribution in [2.75, 3.05) is 7.11 Å². The summed E-state index contributed by atoms with van der Waals surface area (Å²) in [5.74, 6) is -0.215. The number of nitrogens with zero attached hydrogens (tertiary/aromatic N) is 1. The monoisotopic (exact) mass is 260 g/mol. The molecule has 0 atom stereocenters. The van der Waals surface area contributed by atoms with Crippen LogP contribution >= 0.6 is 0 Å². The topological polar surface area (TPSA) is 37.9 Å². The molecule has 2 aromatic carbocycles. The Hall–Kier alpha value is -2.43. The highest BCUT2D eigenvalue weighted by Gasteiger charge is 2.11. The van der Waals surface area contributed by atoms with Gasteiger partial charge in [0, 0.05) is 12.1 Å². The van der Waals surface area contributed by atoms with Gasteiger partial charge in [-0.2, -0.15) is 0 Å². The standard InChI is InChI=1S/C14H10F2N2O/c1-19-9-3-5-12-13(7-9)18-14(17-12)10-4-2-8(15)6-11(10)16/h2-7H,1H3,(H,17,18). The second-order valence-electron chi connectivity index (χ2n) is 4.09. The zero-order chi connectivity index (χ0) is 13.4. The maximum Gasteiger partial charge on any atom is 0.141 e. The Bertz CT molecular complexity index is 752. The first-order chi connectivity index (χ1) is 9.17. The van der Waals surface area contributed by atoms with Gasteiger partial charge in [0.1, 0.15) is 23.2 Å². The Morgan fingerprint density at radius 2 is 1.95 bits per heavy atom. The van der Waals surface area contributed by atoms with Crippen LogP contribution in [0.2, 0.25) is 0 Å². The van der Waals surface area contributed by atoms with E-state index in [4.69, 9.17) is 4.74 Å². The minimum Gasteiger partial charge on any atom is -0.497 e. The molecule has 3 rings (SSSR count). The number of benzene rings is 2. The number of fused-ring (bicyclic) bond motifs is 1. The molecule has 19 heavy (non-hydrogen) atoms. The fourth-order valence-corrected chi connectivity index (χ4v) is 1.92. The van der Waals surface area contributed by atoms with Crippen molar-refractivity contribution in [1.29, 1.82) is 0 Å². The van der Waals surface area contributed by atoms with Gasteiger partial charge in [-0.05, 0) is 24.3 Å². The predicted molar refractivity (Wildman–Crippen MR) is 68.0 cm³/mol. The van der Waals surface area contributed by atoms with Crippen molar-refractivity contribution >= 4 is 11.0 Å². The third kappa shape index (κ3) is 2.03. The van der Waals surface area contributed by atoms with E-state index in [0.717, 1.165) is 11.6 Å². The van der Waals surface area contributed by atoms with Gasteiger partial charge in [-0.1, -0.05) is 0 Å². The number of ether oxygens (including phenoxy) is 1. The highest BCUT2D eigenvalue weighted by atomic mass is 19.1. The molecule has 1 heterocycles. The Balaban J connectivity index is 2.14. The average molecular weight is 260 g/mol. The molecule has 0 amide bonds. The summed E-state index contributed by atoms with van der Waals surface area (Å²) < 4.78 is 31.7. The molecule has 0 unspecified atom stereocenters. The number of nitrogens with one attached hydrogen (secondary N) is 1. The summed E-state index contributed by atoms with van der Waals surface area (Å²) in [5, 5.41) is 0. The van der Waals surface area contributed by atoms with Crippen LogP contribution in [-0.4, -0.2) is 17.1 Å². The van der Waals surface area contributed by atoms with Gasteiger partial charge in [0.15, 0.2) is 0 Å². The van der Waals surface area contributed by atoms with E-state index in [9.17, 15) is 8.78 Å². The zero-order valence-corrected chi connectivity index (χ0v) is 10.1. The molecule has 0 bridgehead atoms. The van der Waals surface area contributed by atoms with Gasteiger partial charge in [-0.15, -0.1) is 0 Å². The zero-order valence-electron chi connectivity index (χ0n) is 10.1. The van der Waals surface area contributed by atoms with E-state index in [0.29, 0.717) is 17.1 Å². The Kier molecular flexibility index (Phi) is 2.67. The van der Waals surface area contributed by atoms with Gasteiger partial charge in [0.2, 0.25) is 0 Å². The van der Waals surface area contributed by atoms with Crippen molar-refractivity contribution < 1.29 is 13.5 Å². The van der Waals surface area contributed by atoms with Crippen LogP contribution in [0, 0.1) is 11.6 Å². The third-order valence-corrected chi connectivity index (χ3v) is 2.88. The summed E-state index contributed by atoms with van der Waals surface area (Å²) in [7, 11) is 1.57. The molecule has 0 fully saturated rings. The smallest absolute Gasteiger partial charge is 0.141 e. The van der Waals surface area contributed by atoms with E-state index in [2.05, 4.69) is 9.97 Å². The first kappa shape index (κ1) is 11.6. The van der Waals surface area contributed by atoms with Crippen LogP contribution < -0.4 is 4.74 Å². The summed E-state index contributed by atoms with van der Waals surface area (Å²) in [4.78, 5) is 7.27. The number of rotatable bonds is 2. The molecule has 1 aromatic heterocycles. The minimum absolute atomic E-state index is 0.233. The maximum atomic E-state index is 13.7. The second kappa shape index (κ2) is 4.35. The Morgan fingerprint density at radius 3 is 2.68 bits per heavy atom. The van der Waals surface area contributed by atoms with Crippen LogP contribution in [0.25, 0.3) is 22.4 Å². The second-order valence-corrected chi connectivity index (χ2v) is 4.09. The molecule has 0 saturated heterocycles. The number of methoxy groups -OCH3 is 1. The summed E-state index contributed by atoms with van der Waals surface area (Å²) in [5.41, 5.74) is 1.66. The quantitative estimate of drug-likeness (QED) is 0.765. The van der Waals surface area contributed by atoms with Crippen molar-refractivity contribution in [3.63, 3.8) is 0 Å². The van der Waals surface area contributed by atoms with Crippen LogP contribution in [0.15, 0.2) is 36.4 Å². The van der Waals surface area contributed by atoms with Crippen molar-refractivity contribution in [1.82, 2.24) is 9.97 Å². The molecule has 0 saturated carbocycles. The molecular weight excluding hydrogens is 250 g/mol. The summed E-state index contributed by atoms with van der Waals surface area (Å²) >= 11 is 0. The molecule has 1 N–H and O–H groups in total. The SMILES string of the molecule is COc1ccc2nc(-c3ccc(F)cc3F)[nH]c2c1. The molecule has 0 aliphatic rings. The summed E-state index contributed by atoms with van der Waals surface area (Å²) in [6, 6.07) is 8.71.